The molecule has 1 aromatic carbocycles. The smallest absolute Gasteiger partial charge is 0.0263 e. The largest absolute Gasteiger partial charge is 0.126 e. The first-order valence-electron chi connectivity index (χ1n) is 5.00. The van der Waals surface area contributed by atoms with Crippen LogP contribution in [0.5, 0.6) is 0 Å². The summed E-state index contributed by atoms with van der Waals surface area (Å²) in [6.07, 6.45) is 4.74. The second kappa shape index (κ2) is 6.04. The van der Waals surface area contributed by atoms with Gasteiger partial charge < -0.3 is 0 Å². The lowest BCUT2D eigenvalue weighted by atomic mass is 10.1. The van der Waals surface area contributed by atoms with Crippen LogP contribution in [0.25, 0.3) is 0 Å². The molecule has 0 atom stereocenters. The van der Waals surface area contributed by atoms with Crippen LogP contribution in [0.15, 0.2) is 24.3 Å². The van der Waals surface area contributed by atoms with Crippen molar-refractivity contribution in [1.29, 1.82) is 0 Å². The van der Waals surface area contributed by atoms with Crippen LogP contribution in [0.1, 0.15) is 30.9 Å². The van der Waals surface area contributed by atoms with Gasteiger partial charge in [0.1, 0.15) is 0 Å². The predicted molar refractivity (Wildman–Crippen MR) is 59.5 cm³/mol. The minimum Gasteiger partial charge on any atom is -0.126 e. The molecular weight excluding hydrogens is 180 g/mol. The first-order valence-corrected chi connectivity index (χ1v) is 5.54. The molecule has 0 spiro atoms. The van der Waals surface area contributed by atoms with E-state index in [1.807, 2.05) is 0 Å². The summed E-state index contributed by atoms with van der Waals surface area (Å²) in [4.78, 5) is 0. The second-order valence-corrected chi connectivity index (χ2v) is 3.74. The summed E-state index contributed by atoms with van der Waals surface area (Å²) in [6.45, 7) is 2.22. The zero-order chi connectivity index (χ0) is 9.52. The molecule has 0 fully saturated rings. The monoisotopic (exact) mass is 196 g/mol. The van der Waals surface area contributed by atoms with Crippen molar-refractivity contribution in [3.05, 3.63) is 35.4 Å². The van der Waals surface area contributed by atoms with Gasteiger partial charge in [-0.1, -0.05) is 37.6 Å². The van der Waals surface area contributed by atoms with Crippen molar-refractivity contribution in [2.75, 3.05) is 5.88 Å². The highest BCUT2D eigenvalue weighted by atomic mass is 35.5. The third-order valence-electron chi connectivity index (χ3n) is 2.23. The van der Waals surface area contributed by atoms with E-state index < -0.39 is 0 Å². The molecule has 0 aromatic heterocycles. The van der Waals surface area contributed by atoms with E-state index in [0.29, 0.717) is 5.88 Å². The third kappa shape index (κ3) is 3.82. The molecule has 0 amide bonds. The molecule has 0 bridgehead atoms. The highest BCUT2D eigenvalue weighted by Crippen LogP contribution is 2.08. The summed E-state index contributed by atoms with van der Waals surface area (Å²) in [5, 5.41) is 0. The Kier molecular flexibility index (Phi) is 4.92. The van der Waals surface area contributed by atoms with E-state index in [1.165, 1.54) is 30.4 Å². The number of unbranched alkanes of at least 4 members (excludes halogenated alkanes) is 1. The molecule has 0 unspecified atom stereocenters. The van der Waals surface area contributed by atoms with Crippen LogP contribution in [0.2, 0.25) is 0 Å². The molecule has 1 heteroatoms. The van der Waals surface area contributed by atoms with Gasteiger partial charge in [0.2, 0.25) is 0 Å². The summed E-state index contributed by atoms with van der Waals surface area (Å²) in [7, 11) is 0. The first kappa shape index (κ1) is 10.6. The lowest BCUT2D eigenvalue weighted by Crippen LogP contribution is -1.88. The molecule has 1 aromatic rings. The summed E-state index contributed by atoms with van der Waals surface area (Å²) in [5.74, 6) is 0.717. The van der Waals surface area contributed by atoms with Gasteiger partial charge in [-0.25, -0.2) is 0 Å². The van der Waals surface area contributed by atoms with E-state index in [1.54, 1.807) is 0 Å². The number of alkyl halides is 1. The fourth-order valence-corrected chi connectivity index (χ4v) is 1.58. The van der Waals surface area contributed by atoms with Crippen molar-refractivity contribution in [3.8, 4) is 0 Å². The summed E-state index contributed by atoms with van der Waals surface area (Å²) >= 11 is 5.66. The maximum absolute atomic E-state index is 5.66. The highest BCUT2D eigenvalue weighted by Gasteiger charge is 1.93. The molecule has 0 radical (unpaired) electrons. The Bertz CT molecular complexity index is 225. The molecule has 0 heterocycles. The molecule has 0 saturated heterocycles. The van der Waals surface area contributed by atoms with Gasteiger partial charge >= 0.3 is 0 Å². The molecule has 0 saturated carbocycles. The number of hydrogen-bond donors (Lipinski definition) is 0. The molecular formula is C12H17Cl. The van der Waals surface area contributed by atoms with Crippen LogP contribution in [0.4, 0.5) is 0 Å². The van der Waals surface area contributed by atoms with E-state index in [4.69, 9.17) is 11.6 Å². The minimum absolute atomic E-state index is 0.717. The van der Waals surface area contributed by atoms with Crippen molar-refractivity contribution in [2.24, 2.45) is 0 Å². The van der Waals surface area contributed by atoms with E-state index in [0.717, 1.165) is 6.42 Å². The van der Waals surface area contributed by atoms with E-state index in [-0.39, 0.29) is 0 Å². The fraction of sp³-hybridized carbons (Fsp3) is 0.500. The number of benzene rings is 1. The van der Waals surface area contributed by atoms with Gasteiger partial charge in [0, 0.05) is 5.88 Å². The standard InChI is InChI=1S/C12H17Cl/c1-2-3-4-11-5-7-12(8-6-11)9-10-13/h5-8H,2-4,9-10H2,1H3. The molecule has 0 aliphatic rings. The zero-order valence-corrected chi connectivity index (χ0v) is 8.98. The van der Waals surface area contributed by atoms with Gasteiger partial charge in [0.15, 0.2) is 0 Å². The minimum atomic E-state index is 0.717. The Hall–Kier alpha value is -0.490. The maximum Gasteiger partial charge on any atom is 0.0263 e. The number of hydrogen-bond acceptors (Lipinski definition) is 0. The second-order valence-electron chi connectivity index (χ2n) is 3.36. The SMILES string of the molecule is CCCCc1ccc(CCCl)cc1. The van der Waals surface area contributed by atoms with Gasteiger partial charge in [-0.15, -0.1) is 11.6 Å². The molecule has 0 aliphatic heterocycles. The predicted octanol–water partition coefficient (Wildman–Crippen LogP) is 3.81. The lowest BCUT2D eigenvalue weighted by Gasteiger charge is -2.01. The summed E-state index contributed by atoms with van der Waals surface area (Å²) < 4.78 is 0. The Morgan fingerprint density at radius 2 is 1.54 bits per heavy atom. The Morgan fingerprint density at radius 1 is 1.00 bits per heavy atom. The van der Waals surface area contributed by atoms with Gasteiger partial charge in [-0.2, -0.15) is 0 Å². The van der Waals surface area contributed by atoms with E-state index in [2.05, 4.69) is 31.2 Å². The number of aryl methyl sites for hydroxylation is 2. The van der Waals surface area contributed by atoms with Crippen LogP contribution in [0, 0.1) is 0 Å². The van der Waals surface area contributed by atoms with E-state index >= 15 is 0 Å². The van der Waals surface area contributed by atoms with Crippen LogP contribution < -0.4 is 0 Å². The molecule has 0 aliphatic carbocycles. The lowest BCUT2D eigenvalue weighted by molar-refractivity contribution is 0.794. The third-order valence-corrected chi connectivity index (χ3v) is 2.41. The molecule has 0 nitrogen and oxygen atoms in total. The van der Waals surface area contributed by atoms with Crippen molar-refractivity contribution >= 4 is 11.6 Å². The van der Waals surface area contributed by atoms with Crippen LogP contribution in [-0.2, 0) is 12.8 Å². The highest BCUT2D eigenvalue weighted by molar-refractivity contribution is 6.17. The normalized spacial score (nSPS) is 10.3. The Balaban J connectivity index is 2.48. The molecule has 72 valence electrons. The average molecular weight is 197 g/mol. The topological polar surface area (TPSA) is 0 Å². The zero-order valence-electron chi connectivity index (χ0n) is 8.22. The van der Waals surface area contributed by atoms with Crippen LogP contribution in [-0.4, -0.2) is 5.88 Å². The Morgan fingerprint density at radius 3 is 2.00 bits per heavy atom. The number of halogens is 1. The molecule has 1 rings (SSSR count). The summed E-state index contributed by atoms with van der Waals surface area (Å²) in [6, 6.07) is 8.82. The van der Waals surface area contributed by atoms with E-state index in [9.17, 15) is 0 Å². The van der Waals surface area contributed by atoms with Crippen molar-refractivity contribution in [2.45, 2.75) is 32.6 Å². The van der Waals surface area contributed by atoms with Gasteiger partial charge in [-0.05, 0) is 30.4 Å². The quantitative estimate of drug-likeness (QED) is 0.629. The maximum atomic E-state index is 5.66. The fourth-order valence-electron chi connectivity index (χ4n) is 1.36. The van der Waals surface area contributed by atoms with Crippen LogP contribution >= 0.6 is 11.6 Å². The number of rotatable bonds is 5. The average Bonchev–Trinajstić information content (AvgIpc) is 2.17. The van der Waals surface area contributed by atoms with Gasteiger partial charge in [0.05, 0.1) is 0 Å². The molecule has 13 heavy (non-hydrogen) atoms. The van der Waals surface area contributed by atoms with Crippen LogP contribution in [0.3, 0.4) is 0 Å². The van der Waals surface area contributed by atoms with Gasteiger partial charge in [-0.3, -0.25) is 0 Å². The molecule has 0 N–H and O–H groups in total. The Labute approximate surface area is 85.9 Å². The van der Waals surface area contributed by atoms with Crippen molar-refractivity contribution in [3.63, 3.8) is 0 Å². The van der Waals surface area contributed by atoms with Crippen molar-refractivity contribution in [1.82, 2.24) is 0 Å². The summed E-state index contributed by atoms with van der Waals surface area (Å²) in [5.41, 5.74) is 2.79. The first-order chi connectivity index (χ1) is 6.36. The van der Waals surface area contributed by atoms with Gasteiger partial charge in [0.25, 0.3) is 0 Å². The van der Waals surface area contributed by atoms with Crippen molar-refractivity contribution < 1.29 is 0 Å².